The molecule has 2 N–H and O–H groups in total. The third kappa shape index (κ3) is 3.35. The van der Waals surface area contributed by atoms with Crippen LogP contribution in [0.15, 0.2) is 40.9 Å². The number of halogens is 1. The zero-order chi connectivity index (χ0) is 20.7. The van der Waals surface area contributed by atoms with E-state index >= 15 is 0 Å². The summed E-state index contributed by atoms with van der Waals surface area (Å²) in [6, 6.07) is 11.7. The first-order valence-corrected chi connectivity index (χ1v) is 10.7. The summed E-state index contributed by atoms with van der Waals surface area (Å²) in [5.74, 6) is 0.165. The fraction of sp³-hybridized carbons (Fsp3) is 0.304. The van der Waals surface area contributed by atoms with E-state index in [-0.39, 0.29) is 17.7 Å². The largest absolute Gasteiger partial charge is 0.507 e. The molecule has 0 bridgehead atoms. The lowest BCUT2D eigenvalue weighted by Gasteiger charge is -2.26. The summed E-state index contributed by atoms with van der Waals surface area (Å²) in [5.41, 5.74) is 5.51. The summed E-state index contributed by atoms with van der Waals surface area (Å²) in [7, 11) is 0. The van der Waals surface area contributed by atoms with Crippen molar-refractivity contribution in [1.82, 2.24) is 15.1 Å². The Labute approximate surface area is 178 Å². The van der Waals surface area contributed by atoms with Crippen LogP contribution < -0.4 is 0 Å². The first-order valence-electron chi connectivity index (χ1n) is 9.87. The van der Waals surface area contributed by atoms with E-state index in [1.165, 1.54) is 0 Å². The van der Waals surface area contributed by atoms with Crippen molar-refractivity contribution in [2.24, 2.45) is 0 Å². The molecule has 3 aromatic rings. The van der Waals surface area contributed by atoms with Crippen molar-refractivity contribution in [2.75, 3.05) is 6.54 Å². The standard InChI is InChI=1S/C23H24BrN3O2/c1-4-5-9-27-21(15-7-6-8-16(24)12-15)18-19(25-26-20(18)23(27)29)17-11-13(2)10-14(3)22(17)28/h6-8,10-12,21,28H,4-5,9H2,1-3H3,(H,25,26). The minimum Gasteiger partial charge on any atom is -0.507 e. The summed E-state index contributed by atoms with van der Waals surface area (Å²) in [4.78, 5) is 15.1. The number of fused-ring (bicyclic) bond motifs is 1. The molecule has 0 fully saturated rings. The van der Waals surface area contributed by atoms with E-state index in [1.807, 2.05) is 55.1 Å². The Morgan fingerprint density at radius 3 is 2.76 bits per heavy atom. The Morgan fingerprint density at radius 2 is 2.03 bits per heavy atom. The maximum atomic E-state index is 13.2. The van der Waals surface area contributed by atoms with Gasteiger partial charge in [-0.3, -0.25) is 9.89 Å². The molecule has 5 nitrogen and oxygen atoms in total. The minimum absolute atomic E-state index is 0.0407. The summed E-state index contributed by atoms with van der Waals surface area (Å²) < 4.78 is 0.964. The van der Waals surface area contributed by atoms with Crippen LogP contribution in [0.2, 0.25) is 0 Å². The highest BCUT2D eigenvalue weighted by atomic mass is 79.9. The number of nitrogens with one attached hydrogen (secondary N) is 1. The average Bonchev–Trinajstić information content (AvgIpc) is 3.22. The molecule has 0 spiro atoms. The van der Waals surface area contributed by atoms with E-state index in [2.05, 4.69) is 33.1 Å². The number of aromatic nitrogens is 2. The van der Waals surface area contributed by atoms with Gasteiger partial charge >= 0.3 is 0 Å². The molecule has 150 valence electrons. The Bertz CT molecular complexity index is 1090. The molecule has 0 saturated heterocycles. The van der Waals surface area contributed by atoms with Crippen molar-refractivity contribution in [1.29, 1.82) is 0 Å². The number of hydrogen-bond donors (Lipinski definition) is 2. The lowest BCUT2D eigenvalue weighted by Crippen LogP contribution is -2.30. The topological polar surface area (TPSA) is 69.2 Å². The van der Waals surface area contributed by atoms with Crippen molar-refractivity contribution in [3.63, 3.8) is 0 Å². The molecular weight excluding hydrogens is 430 g/mol. The fourth-order valence-electron chi connectivity index (χ4n) is 4.12. The molecule has 1 atom stereocenters. The Morgan fingerprint density at radius 1 is 1.24 bits per heavy atom. The van der Waals surface area contributed by atoms with Crippen LogP contribution in [0.4, 0.5) is 0 Å². The van der Waals surface area contributed by atoms with E-state index in [1.54, 1.807) is 0 Å². The van der Waals surface area contributed by atoms with Crippen molar-refractivity contribution in [3.05, 3.63) is 68.8 Å². The molecule has 1 unspecified atom stereocenters. The van der Waals surface area contributed by atoms with Gasteiger partial charge in [-0.1, -0.05) is 47.5 Å². The molecule has 29 heavy (non-hydrogen) atoms. The van der Waals surface area contributed by atoms with Crippen LogP contribution in [0.25, 0.3) is 11.3 Å². The number of carbonyl (C=O) groups is 1. The molecule has 1 aliphatic heterocycles. The fourth-order valence-corrected chi connectivity index (χ4v) is 4.54. The molecule has 1 aromatic heterocycles. The van der Waals surface area contributed by atoms with Gasteiger partial charge in [0.1, 0.15) is 17.1 Å². The lowest BCUT2D eigenvalue weighted by molar-refractivity contribution is 0.0741. The van der Waals surface area contributed by atoms with Crippen LogP contribution in [0.3, 0.4) is 0 Å². The highest BCUT2D eigenvalue weighted by Gasteiger charge is 2.42. The zero-order valence-corrected chi connectivity index (χ0v) is 18.4. The number of carbonyl (C=O) groups excluding carboxylic acids is 1. The highest BCUT2D eigenvalue weighted by molar-refractivity contribution is 9.10. The van der Waals surface area contributed by atoms with Gasteiger partial charge in [-0.25, -0.2) is 0 Å². The molecule has 2 heterocycles. The molecule has 0 aliphatic carbocycles. The summed E-state index contributed by atoms with van der Waals surface area (Å²) in [6.07, 6.45) is 1.93. The van der Waals surface area contributed by atoms with Crippen molar-refractivity contribution in [3.8, 4) is 17.0 Å². The zero-order valence-electron chi connectivity index (χ0n) is 16.8. The van der Waals surface area contributed by atoms with Crippen molar-refractivity contribution >= 4 is 21.8 Å². The Balaban J connectivity index is 1.92. The van der Waals surface area contributed by atoms with Crippen LogP contribution >= 0.6 is 15.9 Å². The van der Waals surface area contributed by atoms with Crippen LogP contribution in [0, 0.1) is 13.8 Å². The van der Waals surface area contributed by atoms with Crippen LogP contribution in [-0.2, 0) is 0 Å². The van der Waals surface area contributed by atoms with E-state index in [0.29, 0.717) is 23.5 Å². The minimum atomic E-state index is -0.240. The predicted molar refractivity (Wildman–Crippen MR) is 117 cm³/mol. The average molecular weight is 454 g/mol. The van der Waals surface area contributed by atoms with Gasteiger partial charge in [0.2, 0.25) is 0 Å². The smallest absolute Gasteiger partial charge is 0.273 e. The summed E-state index contributed by atoms with van der Waals surface area (Å²) in [6.45, 7) is 6.66. The monoisotopic (exact) mass is 453 g/mol. The molecule has 6 heteroatoms. The number of benzene rings is 2. The summed E-state index contributed by atoms with van der Waals surface area (Å²) >= 11 is 3.55. The predicted octanol–water partition coefficient (Wildman–Crippen LogP) is 5.51. The van der Waals surface area contributed by atoms with Gasteiger partial charge in [0, 0.05) is 22.1 Å². The molecule has 1 amide bonds. The van der Waals surface area contributed by atoms with E-state index in [9.17, 15) is 9.90 Å². The molecule has 0 radical (unpaired) electrons. The van der Waals surface area contributed by atoms with Crippen LogP contribution in [-0.4, -0.2) is 32.7 Å². The highest BCUT2D eigenvalue weighted by Crippen LogP contribution is 2.45. The van der Waals surface area contributed by atoms with E-state index < -0.39 is 0 Å². The number of hydrogen-bond acceptors (Lipinski definition) is 3. The number of H-pyrrole nitrogens is 1. The maximum absolute atomic E-state index is 13.2. The molecule has 4 rings (SSSR count). The Hall–Kier alpha value is -2.60. The van der Waals surface area contributed by atoms with Crippen LogP contribution in [0.5, 0.6) is 5.75 Å². The summed E-state index contributed by atoms with van der Waals surface area (Å²) in [5, 5.41) is 18.2. The van der Waals surface area contributed by atoms with Gasteiger partial charge < -0.3 is 10.0 Å². The first kappa shape index (κ1) is 19.7. The van der Waals surface area contributed by atoms with E-state index in [0.717, 1.165) is 39.6 Å². The normalized spacial score (nSPS) is 15.8. The SMILES string of the molecule is CCCCN1C(=O)c2[nH]nc(-c3cc(C)cc(C)c3O)c2C1c1cccc(Br)c1. The quantitative estimate of drug-likeness (QED) is 0.535. The number of phenols is 1. The third-order valence-corrected chi connectivity index (χ3v) is 5.97. The number of aromatic hydroxyl groups is 1. The molecule has 0 saturated carbocycles. The van der Waals surface area contributed by atoms with E-state index in [4.69, 9.17) is 0 Å². The second kappa shape index (κ2) is 7.67. The second-order valence-electron chi connectivity index (χ2n) is 7.65. The number of aryl methyl sites for hydroxylation is 2. The molecule has 2 aromatic carbocycles. The van der Waals surface area contributed by atoms with Gasteiger partial charge in [0.05, 0.1) is 6.04 Å². The maximum Gasteiger partial charge on any atom is 0.273 e. The number of nitrogens with zero attached hydrogens (tertiary/aromatic N) is 2. The second-order valence-corrected chi connectivity index (χ2v) is 8.56. The molecular formula is C23H24BrN3O2. The van der Waals surface area contributed by atoms with Gasteiger partial charge in [0.25, 0.3) is 5.91 Å². The van der Waals surface area contributed by atoms with Gasteiger partial charge in [-0.2, -0.15) is 5.10 Å². The first-order chi connectivity index (χ1) is 13.9. The van der Waals surface area contributed by atoms with Crippen LogP contribution in [0.1, 0.15) is 58.5 Å². The Kier molecular flexibility index (Phi) is 5.21. The lowest BCUT2D eigenvalue weighted by atomic mass is 9.94. The number of aromatic amines is 1. The van der Waals surface area contributed by atoms with Gasteiger partial charge in [0.15, 0.2) is 0 Å². The number of phenolic OH excluding ortho intramolecular Hbond substituents is 1. The number of unbranched alkanes of at least 4 members (excludes halogenated alkanes) is 1. The van der Waals surface area contributed by atoms with Gasteiger partial charge in [-0.05, 0) is 55.2 Å². The number of rotatable bonds is 5. The number of amides is 1. The molecule has 1 aliphatic rings. The van der Waals surface area contributed by atoms with Crippen molar-refractivity contribution in [2.45, 2.75) is 39.7 Å². The van der Waals surface area contributed by atoms with Crippen molar-refractivity contribution < 1.29 is 9.90 Å². The van der Waals surface area contributed by atoms with Gasteiger partial charge in [-0.15, -0.1) is 0 Å². The third-order valence-electron chi connectivity index (χ3n) is 5.48.